The number of hydrogen-bond donors (Lipinski definition) is 2. The number of carbonyl (C=O) groups is 1. The summed E-state index contributed by atoms with van der Waals surface area (Å²) in [5.41, 5.74) is 3.20. The molecule has 0 saturated carbocycles. The average Bonchev–Trinajstić information content (AvgIpc) is 2.67. The number of pyridine rings is 1. The van der Waals surface area contributed by atoms with E-state index in [1.54, 1.807) is 13.2 Å². The largest absolute Gasteiger partial charge is 0.497 e. The van der Waals surface area contributed by atoms with Crippen molar-refractivity contribution in [1.82, 2.24) is 10.3 Å². The van der Waals surface area contributed by atoms with Gasteiger partial charge in [-0.05, 0) is 62.8 Å². The van der Waals surface area contributed by atoms with E-state index in [-0.39, 0.29) is 23.4 Å². The van der Waals surface area contributed by atoms with Crippen molar-refractivity contribution in [2.45, 2.75) is 45.6 Å². The van der Waals surface area contributed by atoms with E-state index in [1.807, 2.05) is 32.0 Å². The van der Waals surface area contributed by atoms with Crippen molar-refractivity contribution in [3.8, 4) is 5.75 Å². The minimum Gasteiger partial charge on any atom is -0.497 e. The minimum absolute atomic E-state index is 0.0589. The van der Waals surface area contributed by atoms with E-state index >= 15 is 0 Å². The van der Waals surface area contributed by atoms with Crippen LogP contribution in [0.2, 0.25) is 0 Å². The fourth-order valence-corrected chi connectivity index (χ4v) is 3.49. The molecule has 3 rings (SSSR count). The standard InChI is InChI=1S/C24H28N2O3/c1-16-5-7-17(8-6-16)15-24(2,3)26-22(27)12-10-19-13-18-9-11-20(29-4)14-21(18)25-23(19)28/h5-9,11,13-14H,10,12,15H2,1-4H3,(H,25,28)(H,26,27). The molecule has 0 bridgehead atoms. The molecule has 152 valence electrons. The van der Waals surface area contributed by atoms with Crippen LogP contribution in [0.5, 0.6) is 5.75 Å². The first kappa shape index (κ1) is 20.6. The maximum atomic E-state index is 12.5. The molecule has 5 heteroatoms. The van der Waals surface area contributed by atoms with E-state index in [4.69, 9.17) is 4.74 Å². The Morgan fingerprint density at radius 1 is 1.10 bits per heavy atom. The monoisotopic (exact) mass is 392 g/mol. The van der Waals surface area contributed by atoms with E-state index < -0.39 is 0 Å². The zero-order chi connectivity index (χ0) is 21.0. The van der Waals surface area contributed by atoms with Gasteiger partial charge in [-0.2, -0.15) is 0 Å². The third-order valence-corrected chi connectivity index (χ3v) is 5.00. The number of ether oxygens (including phenoxy) is 1. The van der Waals surface area contributed by atoms with E-state index in [1.165, 1.54) is 11.1 Å². The number of carbonyl (C=O) groups excluding carboxylic acids is 1. The SMILES string of the molecule is COc1ccc2cc(CCC(=O)NC(C)(C)Cc3ccc(C)cc3)c(=O)[nH]c2c1. The number of H-pyrrole nitrogens is 1. The lowest BCUT2D eigenvalue weighted by atomic mass is 9.94. The zero-order valence-electron chi connectivity index (χ0n) is 17.5. The van der Waals surface area contributed by atoms with Crippen molar-refractivity contribution >= 4 is 16.8 Å². The molecular formula is C24H28N2O3. The van der Waals surface area contributed by atoms with Crippen molar-refractivity contribution in [1.29, 1.82) is 0 Å². The Hall–Kier alpha value is -3.08. The Morgan fingerprint density at radius 3 is 2.52 bits per heavy atom. The number of hydrogen-bond acceptors (Lipinski definition) is 3. The first-order chi connectivity index (χ1) is 13.8. The van der Waals surface area contributed by atoms with Crippen LogP contribution in [-0.4, -0.2) is 23.5 Å². The van der Waals surface area contributed by atoms with Crippen LogP contribution in [0.4, 0.5) is 0 Å². The van der Waals surface area contributed by atoms with Gasteiger partial charge in [0, 0.05) is 23.6 Å². The Kier molecular flexibility index (Phi) is 6.06. The van der Waals surface area contributed by atoms with Crippen LogP contribution in [0.1, 0.15) is 37.0 Å². The molecule has 2 aromatic carbocycles. The molecule has 0 spiro atoms. The summed E-state index contributed by atoms with van der Waals surface area (Å²) in [6.45, 7) is 6.09. The molecule has 0 radical (unpaired) electrons. The number of aromatic nitrogens is 1. The van der Waals surface area contributed by atoms with Crippen molar-refractivity contribution in [3.63, 3.8) is 0 Å². The fourth-order valence-electron chi connectivity index (χ4n) is 3.49. The molecule has 0 aliphatic heterocycles. The van der Waals surface area contributed by atoms with Gasteiger partial charge < -0.3 is 15.0 Å². The van der Waals surface area contributed by atoms with Gasteiger partial charge in [-0.15, -0.1) is 0 Å². The van der Waals surface area contributed by atoms with E-state index in [9.17, 15) is 9.59 Å². The molecule has 0 aliphatic rings. The molecule has 0 atom stereocenters. The summed E-state index contributed by atoms with van der Waals surface area (Å²) in [6.07, 6.45) is 1.41. The van der Waals surface area contributed by atoms with E-state index in [0.717, 1.165) is 17.3 Å². The van der Waals surface area contributed by atoms with Crippen LogP contribution in [0.25, 0.3) is 10.9 Å². The number of amides is 1. The highest BCUT2D eigenvalue weighted by Gasteiger charge is 2.21. The molecule has 0 fully saturated rings. The van der Waals surface area contributed by atoms with Gasteiger partial charge in [0.05, 0.1) is 12.6 Å². The molecule has 0 saturated heterocycles. The van der Waals surface area contributed by atoms with Gasteiger partial charge in [-0.25, -0.2) is 0 Å². The van der Waals surface area contributed by atoms with Gasteiger partial charge in [0.1, 0.15) is 5.75 Å². The number of nitrogens with one attached hydrogen (secondary N) is 2. The lowest BCUT2D eigenvalue weighted by molar-refractivity contribution is -0.122. The van der Waals surface area contributed by atoms with Crippen molar-refractivity contribution in [2.24, 2.45) is 0 Å². The Balaban J connectivity index is 1.63. The normalized spacial score (nSPS) is 11.4. The molecular weight excluding hydrogens is 364 g/mol. The minimum atomic E-state index is -0.362. The Labute approximate surface area is 171 Å². The highest BCUT2D eigenvalue weighted by molar-refractivity contribution is 5.81. The number of fused-ring (bicyclic) bond motifs is 1. The van der Waals surface area contributed by atoms with Gasteiger partial charge in [0.25, 0.3) is 5.56 Å². The summed E-state index contributed by atoms with van der Waals surface area (Å²) < 4.78 is 5.19. The second-order valence-corrected chi connectivity index (χ2v) is 8.17. The highest BCUT2D eigenvalue weighted by Crippen LogP contribution is 2.19. The average molecular weight is 392 g/mol. The number of aromatic amines is 1. The first-order valence-corrected chi connectivity index (χ1v) is 9.82. The van der Waals surface area contributed by atoms with Crippen molar-refractivity contribution in [3.05, 3.63) is 75.6 Å². The summed E-state index contributed by atoms with van der Waals surface area (Å²) in [6, 6.07) is 15.7. The van der Waals surface area contributed by atoms with Crippen LogP contribution in [0, 0.1) is 6.92 Å². The van der Waals surface area contributed by atoms with Gasteiger partial charge >= 0.3 is 0 Å². The summed E-state index contributed by atoms with van der Waals surface area (Å²) in [4.78, 5) is 27.7. The topological polar surface area (TPSA) is 71.2 Å². The number of aryl methyl sites for hydroxylation is 2. The highest BCUT2D eigenvalue weighted by atomic mass is 16.5. The molecule has 1 aromatic heterocycles. The number of rotatable bonds is 7. The molecule has 1 amide bonds. The predicted molar refractivity (Wildman–Crippen MR) is 117 cm³/mol. The van der Waals surface area contributed by atoms with Gasteiger partial charge in [0.2, 0.25) is 5.91 Å². The quantitative estimate of drug-likeness (QED) is 0.640. The Bertz CT molecular complexity index is 1070. The third kappa shape index (κ3) is 5.47. The van der Waals surface area contributed by atoms with Crippen LogP contribution in [0.3, 0.4) is 0 Å². The van der Waals surface area contributed by atoms with Crippen LogP contribution in [-0.2, 0) is 17.6 Å². The third-order valence-electron chi connectivity index (χ3n) is 5.00. The van der Waals surface area contributed by atoms with Crippen molar-refractivity contribution < 1.29 is 9.53 Å². The van der Waals surface area contributed by atoms with Crippen molar-refractivity contribution in [2.75, 3.05) is 7.11 Å². The molecule has 1 heterocycles. The first-order valence-electron chi connectivity index (χ1n) is 9.82. The second kappa shape index (κ2) is 8.52. The summed E-state index contributed by atoms with van der Waals surface area (Å²) in [7, 11) is 1.59. The summed E-state index contributed by atoms with van der Waals surface area (Å²) in [5, 5.41) is 4.01. The maximum Gasteiger partial charge on any atom is 0.251 e. The molecule has 0 unspecified atom stereocenters. The molecule has 29 heavy (non-hydrogen) atoms. The summed E-state index contributed by atoms with van der Waals surface area (Å²) >= 11 is 0. The van der Waals surface area contributed by atoms with Gasteiger partial charge in [-0.3, -0.25) is 9.59 Å². The molecule has 3 aromatic rings. The predicted octanol–water partition coefficient (Wildman–Crippen LogP) is 3.92. The number of methoxy groups -OCH3 is 1. The maximum absolute atomic E-state index is 12.5. The zero-order valence-corrected chi connectivity index (χ0v) is 17.5. The van der Waals surface area contributed by atoms with Crippen LogP contribution in [0.15, 0.2) is 53.3 Å². The lowest BCUT2D eigenvalue weighted by Crippen LogP contribution is -2.45. The van der Waals surface area contributed by atoms with Gasteiger partial charge in [0.15, 0.2) is 0 Å². The molecule has 5 nitrogen and oxygen atoms in total. The number of benzene rings is 2. The van der Waals surface area contributed by atoms with E-state index in [2.05, 4.69) is 41.5 Å². The lowest BCUT2D eigenvalue weighted by Gasteiger charge is -2.26. The second-order valence-electron chi connectivity index (χ2n) is 8.17. The fraction of sp³-hybridized carbons (Fsp3) is 0.333. The molecule has 2 N–H and O–H groups in total. The van der Waals surface area contributed by atoms with Gasteiger partial charge in [-0.1, -0.05) is 29.8 Å². The van der Waals surface area contributed by atoms with E-state index in [0.29, 0.717) is 17.7 Å². The van der Waals surface area contributed by atoms with Crippen LogP contribution >= 0.6 is 0 Å². The van der Waals surface area contributed by atoms with Crippen LogP contribution < -0.4 is 15.6 Å². The smallest absolute Gasteiger partial charge is 0.251 e. The Morgan fingerprint density at radius 2 is 1.83 bits per heavy atom. The summed E-state index contributed by atoms with van der Waals surface area (Å²) in [5.74, 6) is 0.632. The molecule has 0 aliphatic carbocycles.